The number of halogens is 2. The summed E-state index contributed by atoms with van der Waals surface area (Å²) in [6.45, 7) is 0. The molecule has 2 aromatic heterocycles. The van der Waals surface area contributed by atoms with Gasteiger partial charge >= 0.3 is 23.9 Å². The van der Waals surface area contributed by atoms with Crippen LogP contribution in [0, 0.1) is 0 Å². The number of aromatic nitrogens is 4. The number of methoxy groups -OCH3 is 4. The second-order valence-electron chi connectivity index (χ2n) is 12.1. The highest BCUT2D eigenvalue weighted by Gasteiger charge is 2.24. The van der Waals surface area contributed by atoms with E-state index in [4.69, 9.17) is 38.9 Å². The Morgan fingerprint density at radius 3 is 0.696 bits per heavy atom. The van der Waals surface area contributed by atoms with E-state index < -0.39 is 23.9 Å². The van der Waals surface area contributed by atoms with Crippen molar-refractivity contribution in [2.75, 3.05) is 28.4 Å². The zero-order valence-corrected chi connectivity index (χ0v) is 33.2. The third-order valence-corrected chi connectivity index (χ3v) is 10.4. The van der Waals surface area contributed by atoms with Crippen LogP contribution in [-0.2, 0) is 18.9 Å². The first-order valence-corrected chi connectivity index (χ1v) is 18.3. The molecule has 0 aliphatic rings. The summed E-state index contributed by atoms with van der Waals surface area (Å²) < 4.78 is 20.6. The predicted octanol–water partition coefficient (Wildman–Crippen LogP) is 8.91. The van der Waals surface area contributed by atoms with Gasteiger partial charge in [-0.25, -0.2) is 39.1 Å². The molecule has 0 radical (unpaired) electrons. The van der Waals surface area contributed by atoms with Gasteiger partial charge in [0.05, 0.1) is 82.4 Å². The SMILES string of the molecule is COC(=O)c1ccc(-c2nc3c(Br)c4nc(-c5ccc(C(=O)OC)cc5)c(-c5ccc(C(=O)OC)cc5)nc4c(Br)c3nc2-c2ccc(C(=O)OC)cc2)cc1. The molecular formula is C42H28Br2N4O8. The number of esters is 4. The van der Waals surface area contributed by atoms with Crippen LogP contribution in [0.15, 0.2) is 106 Å². The normalized spacial score (nSPS) is 11.0. The summed E-state index contributed by atoms with van der Waals surface area (Å²) in [6.07, 6.45) is 0. The molecule has 2 heterocycles. The van der Waals surface area contributed by atoms with Gasteiger partial charge in [-0.2, -0.15) is 0 Å². The minimum absolute atomic E-state index is 0.363. The van der Waals surface area contributed by atoms with Gasteiger partial charge in [0, 0.05) is 22.3 Å². The third-order valence-electron chi connectivity index (χ3n) is 8.94. The lowest BCUT2D eigenvalue weighted by Crippen LogP contribution is -2.04. The lowest BCUT2D eigenvalue weighted by molar-refractivity contribution is 0.0592. The second kappa shape index (κ2) is 15.8. The Bertz CT molecular complexity index is 2330. The maximum Gasteiger partial charge on any atom is 0.337 e. The van der Waals surface area contributed by atoms with E-state index in [0.29, 0.717) is 98.3 Å². The van der Waals surface area contributed by atoms with Crippen LogP contribution in [0.4, 0.5) is 0 Å². The Kier molecular flexibility index (Phi) is 10.7. The number of ether oxygens (including phenoxy) is 4. The molecule has 0 saturated heterocycles. The first kappa shape index (κ1) is 37.9. The zero-order valence-electron chi connectivity index (χ0n) is 30.0. The molecule has 0 aliphatic heterocycles. The molecule has 278 valence electrons. The minimum atomic E-state index is -0.481. The molecule has 0 bridgehead atoms. The molecule has 0 amide bonds. The molecule has 0 aliphatic carbocycles. The van der Waals surface area contributed by atoms with E-state index in [9.17, 15) is 19.2 Å². The van der Waals surface area contributed by atoms with Crippen LogP contribution in [0.1, 0.15) is 41.4 Å². The van der Waals surface area contributed by atoms with Gasteiger partial charge in [0.15, 0.2) is 0 Å². The summed E-state index contributed by atoms with van der Waals surface area (Å²) in [5, 5.41) is 0. The summed E-state index contributed by atoms with van der Waals surface area (Å²) in [5.41, 5.74) is 7.87. The van der Waals surface area contributed by atoms with E-state index in [1.807, 2.05) is 0 Å². The Hall–Kier alpha value is -6.38. The molecule has 5 aromatic carbocycles. The number of carbonyl (C=O) groups excluding carboxylic acids is 4. The van der Waals surface area contributed by atoms with Crippen molar-refractivity contribution in [2.24, 2.45) is 0 Å². The van der Waals surface area contributed by atoms with Gasteiger partial charge < -0.3 is 18.9 Å². The average molecular weight is 877 g/mol. The highest BCUT2D eigenvalue weighted by Crippen LogP contribution is 2.42. The van der Waals surface area contributed by atoms with Gasteiger partial charge in [-0.05, 0) is 80.4 Å². The van der Waals surface area contributed by atoms with Crippen LogP contribution in [-0.4, -0.2) is 72.3 Å². The molecule has 0 saturated carbocycles. The van der Waals surface area contributed by atoms with Crippen molar-refractivity contribution in [3.63, 3.8) is 0 Å². The number of carbonyl (C=O) groups is 4. The monoisotopic (exact) mass is 874 g/mol. The number of hydrogen-bond acceptors (Lipinski definition) is 12. The highest BCUT2D eigenvalue weighted by atomic mass is 79.9. The van der Waals surface area contributed by atoms with Crippen molar-refractivity contribution in [3.8, 4) is 45.0 Å². The summed E-state index contributed by atoms with van der Waals surface area (Å²) in [6, 6.07) is 27.2. The fourth-order valence-corrected chi connectivity index (χ4v) is 7.15. The van der Waals surface area contributed by atoms with Crippen LogP contribution < -0.4 is 0 Å². The average Bonchev–Trinajstić information content (AvgIpc) is 3.26. The van der Waals surface area contributed by atoms with Gasteiger partial charge in [-0.3, -0.25) is 0 Å². The Morgan fingerprint density at radius 2 is 0.536 bits per heavy atom. The minimum Gasteiger partial charge on any atom is -0.465 e. The largest absolute Gasteiger partial charge is 0.465 e. The molecule has 0 fully saturated rings. The summed E-state index contributed by atoms with van der Waals surface area (Å²) in [7, 11) is 5.26. The van der Waals surface area contributed by atoms with Gasteiger partial charge in [-0.15, -0.1) is 0 Å². The van der Waals surface area contributed by atoms with E-state index in [1.54, 1.807) is 97.1 Å². The van der Waals surface area contributed by atoms with Gasteiger partial charge in [0.25, 0.3) is 0 Å². The maximum atomic E-state index is 12.3. The lowest BCUT2D eigenvalue weighted by atomic mass is 10.0. The van der Waals surface area contributed by atoms with Crippen LogP contribution in [0.3, 0.4) is 0 Å². The van der Waals surface area contributed by atoms with Crippen molar-refractivity contribution < 1.29 is 38.1 Å². The topological polar surface area (TPSA) is 157 Å². The van der Waals surface area contributed by atoms with E-state index >= 15 is 0 Å². The van der Waals surface area contributed by atoms with Gasteiger partial charge in [0.1, 0.15) is 22.1 Å². The van der Waals surface area contributed by atoms with Crippen molar-refractivity contribution in [2.45, 2.75) is 0 Å². The van der Waals surface area contributed by atoms with Crippen LogP contribution in [0.2, 0.25) is 0 Å². The van der Waals surface area contributed by atoms with Crippen LogP contribution >= 0.6 is 31.9 Å². The van der Waals surface area contributed by atoms with Crippen molar-refractivity contribution in [3.05, 3.63) is 128 Å². The van der Waals surface area contributed by atoms with Crippen molar-refractivity contribution in [1.82, 2.24) is 19.9 Å². The smallest absolute Gasteiger partial charge is 0.337 e. The molecule has 0 atom stereocenters. The molecule has 0 spiro atoms. The zero-order chi connectivity index (χ0) is 39.7. The molecule has 7 rings (SSSR count). The predicted molar refractivity (Wildman–Crippen MR) is 215 cm³/mol. The maximum absolute atomic E-state index is 12.3. The molecule has 56 heavy (non-hydrogen) atoms. The number of hydrogen-bond donors (Lipinski definition) is 0. The van der Waals surface area contributed by atoms with E-state index in [1.165, 1.54) is 28.4 Å². The van der Waals surface area contributed by atoms with E-state index in [2.05, 4.69) is 31.9 Å². The first-order chi connectivity index (χ1) is 27.1. The lowest BCUT2D eigenvalue weighted by Gasteiger charge is -2.16. The first-order valence-electron chi connectivity index (χ1n) is 16.7. The Morgan fingerprint density at radius 1 is 0.357 bits per heavy atom. The fraction of sp³-hybridized carbons (Fsp3) is 0.0952. The number of benzene rings is 5. The van der Waals surface area contributed by atoms with Gasteiger partial charge in [0.2, 0.25) is 0 Å². The van der Waals surface area contributed by atoms with E-state index in [-0.39, 0.29) is 0 Å². The number of fused-ring (bicyclic) bond motifs is 2. The quantitative estimate of drug-likeness (QED) is 0.0813. The molecular weight excluding hydrogens is 848 g/mol. The standard InChI is InChI=1S/C42H28Br2N4O8/c1-53-39(49)25-13-5-21(6-14-25)31-32(22-7-15-26(16-8-22)40(50)54-2)46-36-30(44)38-37(29(43)35(36)45-31)47-33(23-9-17-27(18-10-23)41(51)55-3)34(48-38)24-11-19-28(20-12-24)42(52)56-4/h5-20H,1-4H3. The molecule has 14 heteroatoms. The number of rotatable bonds is 8. The van der Waals surface area contributed by atoms with Crippen LogP contribution in [0.25, 0.3) is 67.1 Å². The fourth-order valence-electron chi connectivity index (χ4n) is 6.04. The van der Waals surface area contributed by atoms with E-state index in [0.717, 1.165) is 0 Å². The Labute approximate surface area is 336 Å². The number of nitrogens with zero attached hydrogens (tertiary/aromatic N) is 4. The molecule has 7 aromatic rings. The second-order valence-corrected chi connectivity index (χ2v) is 13.7. The highest BCUT2D eigenvalue weighted by molar-refractivity contribution is 9.11. The van der Waals surface area contributed by atoms with Gasteiger partial charge in [-0.1, -0.05) is 48.5 Å². The third kappa shape index (κ3) is 7.00. The van der Waals surface area contributed by atoms with Crippen molar-refractivity contribution in [1.29, 1.82) is 0 Å². The van der Waals surface area contributed by atoms with Crippen molar-refractivity contribution >= 4 is 77.8 Å². The summed E-state index contributed by atoms with van der Waals surface area (Å²) in [5.74, 6) is -1.92. The summed E-state index contributed by atoms with van der Waals surface area (Å²) in [4.78, 5) is 69.6. The molecule has 0 N–H and O–H groups in total. The molecule has 12 nitrogen and oxygen atoms in total. The summed E-state index contributed by atoms with van der Waals surface area (Å²) >= 11 is 7.58. The molecule has 0 unspecified atom stereocenters. The Balaban J connectivity index is 1.50. The van der Waals surface area contributed by atoms with Crippen LogP contribution in [0.5, 0.6) is 0 Å².